The predicted molar refractivity (Wildman–Crippen MR) is 141 cm³/mol. The minimum atomic E-state index is -3.12. The molecule has 0 bridgehead atoms. The summed E-state index contributed by atoms with van der Waals surface area (Å²) in [5.74, 6) is 1.56. The predicted octanol–water partition coefficient (Wildman–Crippen LogP) is 4.27. The van der Waals surface area contributed by atoms with Crippen LogP contribution >= 0.6 is 0 Å². The van der Waals surface area contributed by atoms with E-state index in [4.69, 9.17) is 4.74 Å². The van der Waals surface area contributed by atoms with Crippen LogP contribution in [0.5, 0.6) is 5.75 Å². The van der Waals surface area contributed by atoms with Crippen LogP contribution in [0.25, 0.3) is 22.1 Å². The van der Waals surface area contributed by atoms with Gasteiger partial charge in [0, 0.05) is 11.9 Å². The van der Waals surface area contributed by atoms with Gasteiger partial charge < -0.3 is 14.6 Å². The van der Waals surface area contributed by atoms with E-state index in [-0.39, 0.29) is 16.7 Å². The van der Waals surface area contributed by atoms with Gasteiger partial charge in [-0.2, -0.15) is 0 Å². The third-order valence-corrected chi connectivity index (χ3v) is 9.41. The Morgan fingerprint density at radius 3 is 2.57 bits per heavy atom. The largest absolute Gasteiger partial charge is 0.494 e. The summed E-state index contributed by atoms with van der Waals surface area (Å²) in [7, 11) is -3.12. The number of hydrogen-bond acceptors (Lipinski definition) is 6. The molecule has 0 aliphatic carbocycles. The number of H-pyrrole nitrogens is 2. The number of hydrogen-bond donors (Lipinski definition) is 2. The normalized spacial score (nSPS) is 16.0. The molecule has 1 aromatic carbocycles. The van der Waals surface area contributed by atoms with Crippen molar-refractivity contribution in [3.63, 3.8) is 0 Å². The molecule has 3 heterocycles. The smallest absolute Gasteiger partial charge is 0.325 e. The first kappa shape index (κ1) is 25.7. The van der Waals surface area contributed by atoms with Gasteiger partial charge in [-0.15, -0.1) is 0 Å². The van der Waals surface area contributed by atoms with Crippen LogP contribution in [-0.4, -0.2) is 65.5 Å². The Morgan fingerprint density at radius 1 is 1.11 bits per heavy atom. The molecular formula is C26H38N4O4S. The maximum absolute atomic E-state index is 12.9. The second-order valence-electron chi connectivity index (χ2n) is 9.83. The zero-order valence-electron chi connectivity index (χ0n) is 20.9. The molecule has 1 aliphatic heterocycles. The summed E-state index contributed by atoms with van der Waals surface area (Å²) in [6.45, 7) is 7.70. The average Bonchev–Trinajstić information content (AvgIpc) is 3.19. The minimum Gasteiger partial charge on any atom is -0.494 e. The maximum atomic E-state index is 12.9. The van der Waals surface area contributed by atoms with E-state index < -0.39 is 9.84 Å². The number of aromatic nitrogens is 3. The van der Waals surface area contributed by atoms with Crippen LogP contribution in [0.4, 0.5) is 0 Å². The van der Waals surface area contributed by atoms with Crippen LogP contribution in [0.3, 0.4) is 0 Å². The van der Waals surface area contributed by atoms with Crippen molar-refractivity contribution in [1.82, 2.24) is 19.9 Å². The van der Waals surface area contributed by atoms with Crippen molar-refractivity contribution in [2.24, 2.45) is 5.92 Å². The van der Waals surface area contributed by atoms with Crippen LogP contribution in [0.15, 0.2) is 29.1 Å². The lowest BCUT2D eigenvalue weighted by Crippen LogP contribution is -2.42. The van der Waals surface area contributed by atoms with Crippen LogP contribution in [0.2, 0.25) is 0 Å². The number of piperidine rings is 1. The number of likely N-dealkylation sites (tertiary alicyclic amines) is 1. The molecule has 2 aromatic heterocycles. The van der Waals surface area contributed by atoms with E-state index in [1.54, 1.807) is 0 Å². The number of pyridine rings is 1. The quantitative estimate of drug-likeness (QED) is 0.358. The molecule has 0 amide bonds. The first-order chi connectivity index (χ1) is 16.9. The van der Waals surface area contributed by atoms with Gasteiger partial charge in [0.2, 0.25) is 0 Å². The van der Waals surface area contributed by atoms with E-state index in [1.165, 1.54) is 25.7 Å². The standard InChI is InChI=1S/C26H38N4O4S/c1-3-6-19(7-4-2)18-30-12-10-22(11-13-30)35(32,33)15-5-14-34-21-8-9-23-20(16-21)17-24-25(27-23)29-26(31)28-24/h8-9,16-17,19,22H,3-7,10-15,18H2,1-2H3,(H2,27,28,29,31). The molecule has 1 saturated heterocycles. The number of imidazole rings is 1. The van der Waals surface area contributed by atoms with E-state index in [0.717, 1.165) is 49.3 Å². The van der Waals surface area contributed by atoms with Crippen molar-refractivity contribution >= 4 is 31.9 Å². The highest BCUT2D eigenvalue weighted by Crippen LogP contribution is 2.24. The van der Waals surface area contributed by atoms with E-state index in [1.807, 2.05) is 24.3 Å². The zero-order valence-corrected chi connectivity index (χ0v) is 21.7. The van der Waals surface area contributed by atoms with Crippen LogP contribution in [0, 0.1) is 5.92 Å². The molecule has 0 saturated carbocycles. The Kier molecular flexibility index (Phi) is 8.49. The molecule has 1 fully saturated rings. The summed E-state index contributed by atoms with van der Waals surface area (Å²) < 4.78 is 31.7. The molecule has 0 radical (unpaired) electrons. The molecule has 0 spiro atoms. The molecule has 0 atom stereocenters. The monoisotopic (exact) mass is 502 g/mol. The Bertz CT molecular complexity index is 1270. The molecule has 35 heavy (non-hydrogen) atoms. The topological polar surface area (TPSA) is 108 Å². The molecule has 8 nitrogen and oxygen atoms in total. The van der Waals surface area contributed by atoms with E-state index >= 15 is 0 Å². The zero-order chi connectivity index (χ0) is 24.8. The number of fused-ring (bicyclic) bond motifs is 2. The fourth-order valence-electron chi connectivity index (χ4n) is 5.27. The first-order valence-electron chi connectivity index (χ1n) is 13.0. The Labute approximate surface area is 207 Å². The molecule has 2 N–H and O–H groups in total. The summed E-state index contributed by atoms with van der Waals surface area (Å²) in [6, 6.07) is 7.37. The third-order valence-electron chi connectivity index (χ3n) is 7.06. The Hall–Kier alpha value is -2.39. The summed E-state index contributed by atoms with van der Waals surface area (Å²) in [4.78, 5) is 23.8. The number of aromatic amines is 2. The van der Waals surface area contributed by atoms with Crippen LogP contribution in [-0.2, 0) is 9.84 Å². The number of nitrogens with zero attached hydrogens (tertiary/aromatic N) is 2. The number of benzene rings is 1. The van der Waals surface area contributed by atoms with Crippen LogP contribution < -0.4 is 10.4 Å². The van der Waals surface area contributed by atoms with Gasteiger partial charge in [-0.3, -0.25) is 4.98 Å². The summed E-state index contributed by atoms with van der Waals surface area (Å²) in [6.07, 6.45) is 6.89. The molecular weight excluding hydrogens is 464 g/mol. The fourth-order valence-corrected chi connectivity index (χ4v) is 7.05. The van der Waals surface area contributed by atoms with E-state index in [9.17, 15) is 13.2 Å². The average molecular weight is 503 g/mol. The van der Waals surface area contributed by atoms with Crippen LogP contribution in [0.1, 0.15) is 58.8 Å². The highest BCUT2D eigenvalue weighted by Gasteiger charge is 2.30. The highest BCUT2D eigenvalue weighted by molar-refractivity contribution is 7.92. The van der Waals surface area contributed by atoms with Crippen molar-refractivity contribution in [3.8, 4) is 5.75 Å². The molecule has 4 rings (SSSR count). The molecule has 3 aromatic rings. The van der Waals surface area contributed by atoms with Crippen molar-refractivity contribution in [1.29, 1.82) is 0 Å². The van der Waals surface area contributed by atoms with Gasteiger partial charge in [0.25, 0.3) is 0 Å². The number of ether oxygens (including phenoxy) is 1. The third kappa shape index (κ3) is 6.64. The van der Waals surface area contributed by atoms with Crippen molar-refractivity contribution in [2.75, 3.05) is 32.0 Å². The van der Waals surface area contributed by atoms with Gasteiger partial charge in [0.15, 0.2) is 15.5 Å². The number of nitrogens with one attached hydrogen (secondary N) is 2. The summed E-state index contributed by atoms with van der Waals surface area (Å²) >= 11 is 0. The summed E-state index contributed by atoms with van der Waals surface area (Å²) in [5, 5.41) is 0.622. The van der Waals surface area contributed by atoms with Gasteiger partial charge >= 0.3 is 5.69 Å². The lowest BCUT2D eigenvalue weighted by Gasteiger charge is -2.34. The minimum absolute atomic E-state index is 0.159. The maximum Gasteiger partial charge on any atom is 0.325 e. The molecule has 9 heteroatoms. The van der Waals surface area contributed by atoms with Gasteiger partial charge in [0.05, 0.1) is 28.6 Å². The highest BCUT2D eigenvalue weighted by atomic mass is 32.2. The molecule has 0 unspecified atom stereocenters. The van der Waals surface area contributed by atoms with E-state index in [2.05, 4.69) is 33.7 Å². The van der Waals surface area contributed by atoms with Gasteiger partial charge in [-0.05, 0) is 75.4 Å². The lowest BCUT2D eigenvalue weighted by molar-refractivity contribution is 0.186. The lowest BCUT2D eigenvalue weighted by atomic mass is 9.96. The Balaban J connectivity index is 1.24. The van der Waals surface area contributed by atoms with Crippen molar-refractivity contribution < 1.29 is 13.2 Å². The van der Waals surface area contributed by atoms with Gasteiger partial charge in [0.1, 0.15) is 5.75 Å². The second kappa shape index (κ2) is 11.6. The van der Waals surface area contributed by atoms with Gasteiger partial charge in [-0.25, -0.2) is 18.2 Å². The van der Waals surface area contributed by atoms with E-state index in [0.29, 0.717) is 29.9 Å². The number of sulfone groups is 1. The first-order valence-corrected chi connectivity index (χ1v) is 14.7. The SMILES string of the molecule is CCCC(CCC)CN1CCC(S(=O)(=O)CCCOc2ccc3nc4[nH]c(=O)[nH]c4cc3c2)CC1. The number of rotatable bonds is 12. The molecule has 1 aliphatic rings. The fraction of sp³-hybridized carbons (Fsp3) is 0.615. The second-order valence-corrected chi connectivity index (χ2v) is 12.2. The van der Waals surface area contributed by atoms with Crippen molar-refractivity contribution in [2.45, 2.75) is 64.0 Å². The summed E-state index contributed by atoms with van der Waals surface area (Å²) in [5.41, 5.74) is 1.63. The van der Waals surface area contributed by atoms with Crippen molar-refractivity contribution in [3.05, 3.63) is 34.7 Å². The Morgan fingerprint density at radius 2 is 1.86 bits per heavy atom. The van der Waals surface area contributed by atoms with Gasteiger partial charge in [-0.1, -0.05) is 26.7 Å². The molecule has 192 valence electrons.